The lowest BCUT2D eigenvalue weighted by Crippen LogP contribution is -2.68. The van der Waals surface area contributed by atoms with Crippen LogP contribution in [0.3, 0.4) is 0 Å². The van der Waals surface area contributed by atoms with Crippen molar-refractivity contribution >= 4 is 70.3 Å². The van der Waals surface area contributed by atoms with Crippen LogP contribution >= 0.6 is 0 Å². The summed E-state index contributed by atoms with van der Waals surface area (Å²) in [5.74, 6) is 0. The minimum absolute atomic E-state index is 1.04. The van der Waals surface area contributed by atoms with Gasteiger partial charge in [0.05, 0.1) is 32.3 Å². The van der Waals surface area contributed by atoms with E-state index in [-0.39, 0.29) is 0 Å². The Labute approximate surface area is 288 Å². The first-order valence-electron chi connectivity index (χ1n) is 17.5. The van der Waals surface area contributed by atoms with E-state index in [2.05, 4.69) is 176 Å². The van der Waals surface area contributed by atoms with Crippen LogP contribution in [-0.2, 0) is 0 Å². The van der Waals surface area contributed by atoms with E-state index in [1.54, 1.807) is 37.4 Å². The first-order valence-corrected chi connectivity index (χ1v) is 31.5. The molecule has 2 aliphatic rings. The number of allylic oxidation sites excluding steroid dienone is 4. The molecule has 0 saturated carbocycles. The van der Waals surface area contributed by atoms with Crippen LogP contribution in [0.15, 0.2) is 91.0 Å². The van der Waals surface area contributed by atoms with E-state index in [0.717, 1.165) is 6.42 Å². The van der Waals surface area contributed by atoms with Crippen LogP contribution in [0.2, 0.25) is 78.6 Å². The third-order valence-corrected chi connectivity index (χ3v) is 18.3. The van der Waals surface area contributed by atoms with Gasteiger partial charge >= 0.3 is 0 Å². The summed E-state index contributed by atoms with van der Waals surface area (Å²) < 4.78 is 0. The third-order valence-electron chi connectivity index (χ3n) is 9.81. The van der Waals surface area contributed by atoms with Crippen molar-refractivity contribution in [2.24, 2.45) is 0 Å². The highest BCUT2D eigenvalue weighted by molar-refractivity contribution is 7.05. The van der Waals surface area contributed by atoms with Crippen molar-refractivity contribution in [2.45, 2.75) is 85.0 Å². The monoisotopic (exact) mass is 682 g/mol. The number of rotatable bonds is 7. The molecular weight excluding hydrogens is 629 g/mol. The maximum atomic E-state index is 2.62. The Bertz CT molecular complexity index is 2010. The van der Waals surface area contributed by atoms with Gasteiger partial charge in [-0.3, -0.25) is 0 Å². The molecular formula is C43H54Si4. The third kappa shape index (κ3) is 6.07. The standard InChI is InChI=1S/C43H54Si4/c1-44(2,3)40-34(36(30-21-15-13-16-22-30)31-23-17-14-18-24-31)28-27-33-29-35-37(32-25-19-20-26-32)41(45(4,5)6)43(47(10,11)12)42(46(7,8)9)39(35)38(33)40/h13-25,27-29H,26H2,1-12H3. The van der Waals surface area contributed by atoms with Crippen molar-refractivity contribution in [1.29, 1.82) is 0 Å². The smallest absolute Gasteiger partial charge is 0.0792 e. The summed E-state index contributed by atoms with van der Waals surface area (Å²) in [7, 11) is -7.27. The van der Waals surface area contributed by atoms with E-state index in [9.17, 15) is 0 Å². The van der Waals surface area contributed by atoms with Gasteiger partial charge in [-0.05, 0) is 72.6 Å². The summed E-state index contributed by atoms with van der Waals surface area (Å²) in [6.45, 7) is 31.3. The van der Waals surface area contributed by atoms with Crippen LogP contribution in [0.5, 0.6) is 0 Å². The Balaban J connectivity index is 1.92. The van der Waals surface area contributed by atoms with E-state index in [0.29, 0.717) is 0 Å². The Kier molecular flexibility index (Phi) is 8.52. The van der Waals surface area contributed by atoms with Gasteiger partial charge in [0, 0.05) is 0 Å². The molecule has 0 aliphatic heterocycles. The molecule has 0 bridgehead atoms. The molecule has 0 unspecified atom stereocenters. The average molecular weight is 683 g/mol. The Hall–Kier alpha value is -3.03. The Morgan fingerprint density at radius 1 is 0.489 bits per heavy atom. The molecule has 0 heterocycles. The van der Waals surface area contributed by atoms with Gasteiger partial charge in [-0.2, -0.15) is 0 Å². The molecule has 6 rings (SSSR count). The maximum Gasteiger partial charge on any atom is 0.0792 e. The van der Waals surface area contributed by atoms with Crippen LogP contribution in [0.4, 0.5) is 0 Å². The maximum absolute atomic E-state index is 2.62. The predicted molar refractivity (Wildman–Crippen MR) is 223 cm³/mol. The molecule has 4 aromatic carbocycles. The van der Waals surface area contributed by atoms with Crippen LogP contribution in [0.25, 0.3) is 28.3 Å². The van der Waals surface area contributed by atoms with Crippen molar-refractivity contribution in [3.05, 3.63) is 124 Å². The van der Waals surface area contributed by atoms with Crippen LogP contribution in [0, 0.1) is 0 Å². The number of hydrogen-bond acceptors (Lipinski definition) is 0. The fourth-order valence-electron chi connectivity index (χ4n) is 8.23. The molecule has 0 aromatic heterocycles. The van der Waals surface area contributed by atoms with E-state index >= 15 is 0 Å². The minimum Gasteiger partial charge on any atom is -0.0801 e. The highest BCUT2D eigenvalue weighted by Gasteiger charge is 2.42. The normalized spacial score (nSPS) is 14.5. The average Bonchev–Trinajstić information content (AvgIpc) is 3.63. The fraction of sp³-hybridized carbons (Fsp3) is 0.302. The zero-order valence-electron chi connectivity index (χ0n) is 30.9. The van der Waals surface area contributed by atoms with Gasteiger partial charge in [0.1, 0.15) is 0 Å². The van der Waals surface area contributed by atoms with Crippen LogP contribution < -0.4 is 31.2 Å². The second-order valence-corrected chi connectivity index (χ2v) is 37.8. The molecule has 0 saturated heterocycles. The summed E-state index contributed by atoms with van der Waals surface area (Å²) in [6.07, 6.45) is 10.8. The van der Waals surface area contributed by atoms with Gasteiger partial charge in [-0.1, -0.05) is 185 Å². The zero-order chi connectivity index (χ0) is 34.1. The molecule has 4 heteroatoms. The Morgan fingerprint density at radius 3 is 1.43 bits per heavy atom. The van der Waals surface area contributed by atoms with Gasteiger partial charge in [-0.15, -0.1) is 0 Å². The lowest BCUT2D eigenvalue weighted by Gasteiger charge is -2.39. The zero-order valence-corrected chi connectivity index (χ0v) is 34.9. The second kappa shape index (κ2) is 11.8. The second-order valence-electron chi connectivity index (χ2n) is 17.8. The summed E-state index contributed by atoms with van der Waals surface area (Å²) in [4.78, 5) is 0. The molecule has 4 aromatic rings. The van der Waals surface area contributed by atoms with Gasteiger partial charge < -0.3 is 0 Å². The summed E-state index contributed by atoms with van der Waals surface area (Å²) in [5.41, 5.74) is 11.8. The van der Waals surface area contributed by atoms with E-state index in [1.807, 2.05) is 0 Å². The molecule has 242 valence electrons. The Morgan fingerprint density at radius 2 is 0.979 bits per heavy atom. The lowest BCUT2D eigenvalue weighted by molar-refractivity contribution is 1.43. The topological polar surface area (TPSA) is 0 Å². The van der Waals surface area contributed by atoms with Crippen molar-refractivity contribution in [1.82, 2.24) is 0 Å². The summed E-state index contributed by atoms with van der Waals surface area (Å²) in [5, 5.41) is 9.83. The quantitative estimate of drug-likeness (QED) is 0.152. The molecule has 47 heavy (non-hydrogen) atoms. The van der Waals surface area contributed by atoms with E-state index in [1.165, 1.54) is 38.3 Å². The van der Waals surface area contributed by atoms with Gasteiger partial charge in [0.15, 0.2) is 0 Å². The van der Waals surface area contributed by atoms with Gasteiger partial charge in [0.2, 0.25) is 0 Å². The molecule has 0 N–H and O–H groups in total. The minimum atomic E-state index is -1.91. The molecule has 0 spiro atoms. The first kappa shape index (κ1) is 33.9. The molecule has 2 aliphatic carbocycles. The number of benzene rings is 4. The van der Waals surface area contributed by atoms with Gasteiger partial charge in [-0.25, -0.2) is 0 Å². The van der Waals surface area contributed by atoms with E-state index in [4.69, 9.17) is 0 Å². The van der Waals surface area contributed by atoms with E-state index < -0.39 is 32.3 Å². The number of fused-ring (bicyclic) bond motifs is 3. The van der Waals surface area contributed by atoms with Crippen molar-refractivity contribution in [3.8, 4) is 11.1 Å². The largest absolute Gasteiger partial charge is 0.0801 e. The van der Waals surface area contributed by atoms with Crippen molar-refractivity contribution in [2.75, 3.05) is 0 Å². The highest BCUT2D eigenvalue weighted by Crippen LogP contribution is 2.36. The van der Waals surface area contributed by atoms with Crippen molar-refractivity contribution in [3.63, 3.8) is 0 Å². The molecule has 0 fully saturated rings. The van der Waals surface area contributed by atoms with Crippen molar-refractivity contribution < 1.29 is 0 Å². The highest BCUT2D eigenvalue weighted by atomic mass is 28.3. The molecule has 0 atom stereocenters. The fourth-order valence-corrected chi connectivity index (χ4v) is 20.4. The molecule has 0 amide bonds. The molecule has 0 radical (unpaired) electrons. The van der Waals surface area contributed by atoms with Crippen LogP contribution in [0.1, 0.15) is 28.7 Å². The summed E-state index contributed by atoms with van der Waals surface area (Å²) >= 11 is 0. The first-order chi connectivity index (χ1) is 21.9. The summed E-state index contributed by atoms with van der Waals surface area (Å²) in [6, 6.07) is 27.2. The molecule has 0 nitrogen and oxygen atoms in total. The predicted octanol–water partition coefficient (Wildman–Crippen LogP) is 8.27. The van der Waals surface area contributed by atoms with Gasteiger partial charge in [0.25, 0.3) is 0 Å². The SMILES string of the molecule is C[Si](C)(C)c1c(C2=CC=CC2)c2c(c([Si](C)(C)C)c1[Si](C)(C)C)-c1c([Si](C)(C)C)c(=C(c3ccccc3)c3ccccc3)ccc1=C2. The number of hydrogen-bond donors (Lipinski definition) is 0. The van der Waals surface area contributed by atoms with Crippen LogP contribution in [-0.4, -0.2) is 32.3 Å². The lowest BCUT2D eigenvalue weighted by atomic mass is 9.92.